The molecule has 3 aromatic rings. The Morgan fingerprint density at radius 1 is 1.18 bits per heavy atom. The molecular weight excluding hydrogens is 456 g/mol. The van der Waals surface area contributed by atoms with E-state index in [0.29, 0.717) is 23.7 Å². The average molecular weight is 489 g/mol. The second kappa shape index (κ2) is 9.46. The van der Waals surface area contributed by atoms with Crippen LogP contribution in [0, 0.1) is 6.92 Å². The number of rotatable bonds is 7. The summed E-state index contributed by atoms with van der Waals surface area (Å²) in [5, 5.41) is 7.36. The summed E-state index contributed by atoms with van der Waals surface area (Å²) in [6.07, 6.45) is 6.49. The minimum Gasteiger partial charge on any atom is -0.343 e. The third-order valence-corrected chi connectivity index (χ3v) is 8.40. The third-order valence-electron chi connectivity index (χ3n) is 6.59. The summed E-state index contributed by atoms with van der Waals surface area (Å²) in [5.74, 6) is 1.67. The Morgan fingerprint density at radius 3 is 2.50 bits per heavy atom. The number of fused-ring (bicyclic) bond motifs is 1. The van der Waals surface area contributed by atoms with Gasteiger partial charge in [0, 0.05) is 40.9 Å². The van der Waals surface area contributed by atoms with E-state index in [2.05, 4.69) is 20.4 Å². The molecule has 10 nitrogen and oxygen atoms in total. The van der Waals surface area contributed by atoms with Crippen LogP contribution in [0.15, 0.2) is 27.6 Å². The molecule has 0 unspecified atom stereocenters. The normalized spacial score (nSPS) is 16.6. The molecule has 1 amide bonds. The Balaban J connectivity index is 1.51. The molecular formula is C23H32N6O4S. The number of nitrogens with zero attached hydrogens (tertiary/aromatic N) is 5. The van der Waals surface area contributed by atoms with Gasteiger partial charge in [0.05, 0.1) is 15.9 Å². The number of benzene rings is 1. The van der Waals surface area contributed by atoms with E-state index in [4.69, 9.17) is 4.52 Å². The van der Waals surface area contributed by atoms with Crippen LogP contribution in [0.2, 0.25) is 0 Å². The molecule has 1 aliphatic rings. The lowest BCUT2D eigenvalue weighted by Gasteiger charge is -2.30. The van der Waals surface area contributed by atoms with Crippen molar-refractivity contribution >= 4 is 27.0 Å². The highest BCUT2D eigenvalue weighted by atomic mass is 32.2. The molecule has 1 saturated carbocycles. The SMILES string of the molecule is Cc1nc(C2(NC(=O)CCc3nc4cc(S(=O)(=O)N(C)C)ccc4n3C)CCCCCC2)no1. The van der Waals surface area contributed by atoms with Gasteiger partial charge in [0.1, 0.15) is 11.4 Å². The van der Waals surface area contributed by atoms with E-state index < -0.39 is 15.6 Å². The number of hydrogen-bond donors (Lipinski definition) is 1. The zero-order chi connectivity index (χ0) is 24.5. The first-order valence-electron chi connectivity index (χ1n) is 11.6. The van der Waals surface area contributed by atoms with Crippen LogP contribution in [0.3, 0.4) is 0 Å². The zero-order valence-corrected chi connectivity index (χ0v) is 21.0. The van der Waals surface area contributed by atoms with Gasteiger partial charge in [0.15, 0.2) is 5.82 Å². The van der Waals surface area contributed by atoms with Crippen molar-refractivity contribution in [2.45, 2.75) is 68.7 Å². The lowest BCUT2D eigenvalue weighted by atomic mass is 9.89. The Labute approximate surface area is 199 Å². The lowest BCUT2D eigenvalue weighted by molar-refractivity contribution is -0.123. The van der Waals surface area contributed by atoms with Crippen LogP contribution in [0.5, 0.6) is 0 Å². The molecule has 1 fully saturated rings. The van der Waals surface area contributed by atoms with Crippen molar-refractivity contribution in [3.05, 3.63) is 35.7 Å². The summed E-state index contributed by atoms with van der Waals surface area (Å²) >= 11 is 0. The highest BCUT2D eigenvalue weighted by Gasteiger charge is 2.38. The summed E-state index contributed by atoms with van der Waals surface area (Å²) in [5.41, 5.74) is 0.798. The van der Waals surface area contributed by atoms with Crippen LogP contribution in [-0.2, 0) is 33.8 Å². The van der Waals surface area contributed by atoms with Gasteiger partial charge in [-0.1, -0.05) is 30.8 Å². The third kappa shape index (κ3) is 4.72. The van der Waals surface area contributed by atoms with E-state index in [-0.39, 0.29) is 17.2 Å². The summed E-state index contributed by atoms with van der Waals surface area (Å²) in [4.78, 5) is 22.3. The molecule has 1 N–H and O–H groups in total. The van der Waals surface area contributed by atoms with Gasteiger partial charge in [0.2, 0.25) is 21.8 Å². The number of aromatic nitrogens is 4. The van der Waals surface area contributed by atoms with Gasteiger partial charge in [-0.05, 0) is 31.0 Å². The summed E-state index contributed by atoms with van der Waals surface area (Å²) in [7, 11) is 1.32. The van der Waals surface area contributed by atoms with Crippen molar-refractivity contribution in [3.63, 3.8) is 0 Å². The monoisotopic (exact) mass is 488 g/mol. The van der Waals surface area contributed by atoms with Gasteiger partial charge in [-0.15, -0.1) is 0 Å². The highest BCUT2D eigenvalue weighted by Crippen LogP contribution is 2.34. The molecule has 4 rings (SSSR count). The van der Waals surface area contributed by atoms with Crippen LogP contribution in [0.25, 0.3) is 11.0 Å². The van der Waals surface area contributed by atoms with Crippen LogP contribution >= 0.6 is 0 Å². The number of nitrogens with one attached hydrogen (secondary N) is 1. The quantitative estimate of drug-likeness (QED) is 0.507. The molecule has 0 aliphatic heterocycles. The summed E-state index contributed by atoms with van der Waals surface area (Å²) in [6, 6.07) is 4.91. The number of aryl methyl sites for hydroxylation is 3. The molecule has 11 heteroatoms. The molecule has 0 atom stereocenters. The lowest BCUT2D eigenvalue weighted by Crippen LogP contribution is -2.46. The molecule has 0 spiro atoms. The fraction of sp³-hybridized carbons (Fsp3) is 0.565. The van der Waals surface area contributed by atoms with Crippen molar-refractivity contribution < 1.29 is 17.7 Å². The molecule has 184 valence electrons. The number of carbonyl (C=O) groups excluding carboxylic acids is 1. The number of carbonyl (C=O) groups is 1. The van der Waals surface area contributed by atoms with Gasteiger partial charge < -0.3 is 14.4 Å². The van der Waals surface area contributed by atoms with Crippen molar-refractivity contribution in [2.24, 2.45) is 7.05 Å². The Bertz CT molecular complexity index is 1290. The van der Waals surface area contributed by atoms with E-state index in [9.17, 15) is 13.2 Å². The standard InChI is InChI=1S/C23H32N6O4S/c1-16-24-22(27-33-16)23(13-7-5-6-8-14-23)26-21(30)12-11-20-25-18-15-17(34(31,32)28(2)3)9-10-19(18)29(20)4/h9-10,15H,5-8,11-14H2,1-4H3,(H,26,30). The fourth-order valence-electron chi connectivity index (χ4n) is 4.61. The first kappa shape index (κ1) is 24.3. The van der Waals surface area contributed by atoms with Gasteiger partial charge in [-0.2, -0.15) is 4.98 Å². The zero-order valence-electron chi connectivity index (χ0n) is 20.2. The second-order valence-electron chi connectivity index (χ2n) is 9.21. The number of hydrogen-bond acceptors (Lipinski definition) is 7. The van der Waals surface area contributed by atoms with E-state index in [1.54, 1.807) is 25.1 Å². The summed E-state index contributed by atoms with van der Waals surface area (Å²) in [6.45, 7) is 1.75. The Hall–Kier alpha value is -2.79. The Morgan fingerprint density at radius 2 is 1.88 bits per heavy atom. The van der Waals surface area contributed by atoms with Crippen LogP contribution in [-0.4, -0.2) is 52.4 Å². The van der Waals surface area contributed by atoms with Gasteiger partial charge >= 0.3 is 0 Å². The van der Waals surface area contributed by atoms with E-state index >= 15 is 0 Å². The maximum absolute atomic E-state index is 13.1. The molecule has 2 aromatic heterocycles. The van der Waals surface area contributed by atoms with Gasteiger partial charge in [-0.25, -0.2) is 17.7 Å². The van der Waals surface area contributed by atoms with E-state index in [1.165, 1.54) is 18.4 Å². The van der Waals surface area contributed by atoms with Crippen molar-refractivity contribution in [1.29, 1.82) is 0 Å². The maximum Gasteiger partial charge on any atom is 0.242 e. The van der Waals surface area contributed by atoms with Crippen LogP contribution in [0.4, 0.5) is 0 Å². The number of sulfonamides is 1. The van der Waals surface area contributed by atoms with Crippen molar-refractivity contribution in [3.8, 4) is 0 Å². The maximum atomic E-state index is 13.1. The fourth-order valence-corrected chi connectivity index (χ4v) is 5.53. The molecule has 0 saturated heterocycles. The molecule has 1 aliphatic carbocycles. The molecule has 2 heterocycles. The number of amides is 1. The van der Waals surface area contributed by atoms with E-state index in [0.717, 1.165) is 49.9 Å². The minimum atomic E-state index is -3.55. The first-order chi connectivity index (χ1) is 16.1. The summed E-state index contributed by atoms with van der Waals surface area (Å²) < 4.78 is 33.2. The minimum absolute atomic E-state index is 0.0905. The molecule has 0 bridgehead atoms. The number of imidazole rings is 1. The second-order valence-corrected chi connectivity index (χ2v) is 11.4. The van der Waals surface area contributed by atoms with Gasteiger partial charge in [0.25, 0.3) is 0 Å². The molecule has 0 radical (unpaired) electrons. The first-order valence-corrected chi connectivity index (χ1v) is 13.1. The van der Waals surface area contributed by atoms with Crippen LogP contribution < -0.4 is 5.32 Å². The van der Waals surface area contributed by atoms with Crippen LogP contribution in [0.1, 0.15) is 62.5 Å². The predicted octanol–water partition coefficient (Wildman–Crippen LogP) is 2.81. The Kier molecular flexibility index (Phi) is 6.77. The van der Waals surface area contributed by atoms with Gasteiger partial charge in [-0.3, -0.25) is 4.79 Å². The smallest absolute Gasteiger partial charge is 0.242 e. The largest absolute Gasteiger partial charge is 0.343 e. The predicted molar refractivity (Wildman–Crippen MR) is 126 cm³/mol. The van der Waals surface area contributed by atoms with Crippen molar-refractivity contribution in [1.82, 2.24) is 29.3 Å². The topological polar surface area (TPSA) is 123 Å². The highest BCUT2D eigenvalue weighted by molar-refractivity contribution is 7.89. The van der Waals surface area contributed by atoms with E-state index in [1.807, 2.05) is 11.6 Å². The average Bonchev–Trinajstić information content (AvgIpc) is 3.28. The van der Waals surface area contributed by atoms with Crippen molar-refractivity contribution in [2.75, 3.05) is 14.1 Å². The molecule has 34 heavy (non-hydrogen) atoms. The molecule has 1 aromatic carbocycles.